The average molecular weight is 372 g/mol. The Morgan fingerprint density at radius 1 is 1.00 bits per heavy atom. The lowest BCUT2D eigenvalue weighted by Crippen LogP contribution is -2.36. The topological polar surface area (TPSA) is 64.4 Å². The van der Waals surface area contributed by atoms with Crippen LogP contribution in [-0.4, -0.2) is 44.8 Å². The first-order chi connectivity index (χ1) is 12.2. The fraction of sp³-hybridized carbons (Fsp3) is 0.350. The van der Waals surface area contributed by atoms with Crippen LogP contribution in [-0.2, 0) is 16.6 Å². The maximum Gasteiger partial charge on any atom is 0.243 e. The van der Waals surface area contributed by atoms with E-state index in [1.165, 1.54) is 4.31 Å². The van der Waals surface area contributed by atoms with E-state index in [2.05, 4.69) is 6.07 Å². The van der Waals surface area contributed by atoms with Crippen molar-refractivity contribution in [2.24, 2.45) is 0 Å². The van der Waals surface area contributed by atoms with Crippen molar-refractivity contribution >= 4 is 10.0 Å². The molecule has 2 aromatic carbocycles. The summed E-state index contributed by atoms with van der Waals surface area (Å²) in [6.45, 7) is 5.09. The zero-order valence-electron chi connectivity index (χ0n) is 15.7. The highest BCUT2D eigenvalue weighted by Gasteiger charge is 2.25. The number of nitrogens with zero attached hydrogens (tertiary/aromatic N) is 3. The average Bonchev–Trinajstić information content (AvgIpc) is 2.60. The van der Waals surface area contributed by atoms with Crippen molar-refractivity contribution in [1.82, 2.24) is 9.21 Å². The number of aryl methyl sites for hydroxylation is 2. The molecule has 2 aromatic rings. The van der Waals surface area contributed by atoms with Gasteiger partial charge in [-0.25, -0.2) is 8.42 Å². The van der Waals surface area contributed by atoms with Gasteiger partial charge in [-0.3, -0.25) is 0 Å². The van der Waals surface area contributed by atoms with E-state index in [4.69, 9.17) is 5.26 Å². The highest BCUT2D eigenvalue weighted by atomic mass is 32.2. The van der Waals surface area contributed by atoms with Gasteiger partial charge in [0.2, 0.25) is 10.0 Å². The van der Waals surface area contributed by atoms with E-state index in [9.17, 15) is 8.42 Å². The number of nitriles is 1. The number of benzene rings is 2. The van der Waals surface area contributed by atoms with E-state index in [1.807, 2.05) is 45.0 Å². The first kappa shape index (κ1) is 20.1. The van der Waals surface area contributed by atoms with Crippen molar-refractivity contribution in [3.8, 4) is 6.07 Å². The first-order valence-electron chi connectivity index (χ1n) is 8.45. The summed E-state index contributed by atoms with van der Waals surface area (Å²) in [4.78, 5) is 2.25. The molecule has 0 radical (unpaired) electrons. The summed E-state index contributed by atoms with van der Waals surface area (Å²) in [5.74, 6) is 0. The molecule has 0 aliphatic carbocycles. The van der Waals surface area contributed by atoms with Gasteiger partial charge in [0.25, 0.3) is 0 Å². The normalized spacial score (nSPS) is 11.7. The second-order valence-electron chi connectivity index (χ2n) is 6.70. The lowest BCUT2D eigenvalue weighted by Gasteiger charge is -2.24. The summed E-state index contributed by atoms with van der Waals surface area (Å²) in [7, 11) is 0.198. The summed E-state index contributed by atoms with van der Waals surface area (Å²) in [5, 5.41) is 9.08. The van der Waals surface area contributed by atoms with Gasteiger partial charge >= 0.3 is 0 Å². The molecule has 2 rings (SSSR count). The van der Waals surface area contributed by atoms with Crippen LogP contribution in [0.2, 0.25) is 0 Å². The predicted octanol–water partition coefficient (Wildman–Crippen LogP) is 2.93. The van der Waals surface area contributed by atoms with Crippen LogP contribution in [0.1, 0.15) is 22.3 Å². The summed E-state index contributed by atoms with van der Waals surface area (Å²) in [6, 6.07) is 14.4. The molecule has 0 heterocycles. The van der Waals surface area contributed by atoms with Gasteiger partial charge in [0.05, 0.1) is 16.5 Å². The second-order valence-corrected chi connectivity index (χ2v) is 8.64. The molecule has 0 aliphatic heterocycles. The van der Waals surface area contributed by atoms with Crippen LogP contribution in [0.3, 0.4) is 0 Å². The van der Waals surface area contributed by atoms with E-state index in [0.29, 0.717) is 23.5 Å². The molecular formula is C20H25N3O2S. The van der Waals surface area contributed by atoms with Crippen molar-refractivity contribution in [3.63, 3.8) is 0 Å². The molecule has 0 saturated carbocycles. The molecule has 138 valence electrons. The monoisotopic (exact) mass is 371 g/mol. The van der Waals surface area contributed by atoms with Crippen LogP contribution in [0, 0.1) is 25.2 Å². The van der Waals surface area contributed by atoms with Crippen LogP contribution in [0.25, 0.3) is 0 Å². The van der Waals surface area contributed by atoms with Crippen molar-refractivity contribution in [3.05, 3.63) is 64.7 Å². The Morgan fingerprint density at radius 3 is 2.35 bits per heavy atom. The van der Waals surface area contributed by atoms with Gasteiger partial charge in [-0.1, -0.05) is 18.2 Å². The fourth-order valence-corrected chi connectivity index (χ4v) is 4.07. The molecule has 0 unspecified atom stereocenters. The third-order valence-electron chi connectivity index (χ3n) is 4.33. The van der Waals surface area contributed by atoms with E-state index in [1.54, 1.807) is 30.3 Å². The van der Waals surface area contributed by atoms with Crippen LogP contribution in [0.4, 0.5) is 0 Å². The highest BCUT2D eigenvalue weighted by Crippen LogP contribution is 2.21. The Hall–Kier alpha value is -2.20. The highest BCUT2D eigenvalue weighted by molar-refractivity contribution is 7.89. The summed E-state index contributed by atoms with van der Waals surface area (Å²) < 4.78 is 27.9. The Labute approximate surface area is 156 Å². The SMILES string of the molecule is Cc1ccc(S(=O)(=O)N(CCN(C)C)Cc2cccc(C#N)c2)cc1C. The number of likely N-dealkylation sites (N-methyl/N-ethyl adjacent to an activating group) is 1. The zero-order valence-corrected chi connectivity index (χ0v) is 16.5. The standard InChI is InChI=1S/C20H25N3O2S/c1-16-8-9-20(12-17(16)2)26(24,25)23(11-10-22(3)4)15-19-7-5-6-18(13-19)14-21/h5-9,12-13H,10-11,15H2,1-4H3. The molecule has 6 heteroatoms. The zero-order chi connectivity index (χ0) is 19.3. The van der Waals surface area contributed by atoms with Crippen molar-refractivity contribution in [2.45, 2.75) is 25.3 Å². The Morgan fingerprint density at radius 2 is 1.73 bits per heavy atom. The summed E-state index contributed by atoms with van der Waals surface area (Å²) >= 11 is 0. The molecule has 0 aromatic heterocycles. The maximum absolute atomic E-state index is 13.2. The Bertz CT molecular complexity index is 915. The maximum atomic E-state index is 13.2. The van der Waals surface area contributed by atoms with Gasteiger partial charge in [0.15, 0.2) is 0 Å². The summed E-state index contributed by atoms with van der Waals surface area (Å²) in [6.07, 6.45) is 0. The molecule has 0 fully saturated rings. The quantitative estimate of drug-likeness (QED) is 0.751. The molecule has 0 saturated heterocycles. The van der Waals surface area contributed by atoms with Gasteiger partial charge in [-0.15, -0.1) is 0 Å². The van der Waals surface area contributed by atoms with Crippen LogP contribution >= 0.6 is 0 Å². The van der Waals surface area contributed by atoms with Gasteiger partial charge in [-0.05, 0) is 68.9 Å². The van der Waals surface area contributed by atoms with E-state index in [0.717, 1.165) is 16.7 Å². The van der Waals surface area contributed by atoms with Crippen LogP contribution < -0.4 is 0 Å². The Balaban J connectivity index is 2.38. The molecule has 5 nitrogen and oxygen atoms in total. The van der Waals surface area contributed by atoms with E-state index < -0.39 is 10.0 Å². The lowest BCUT2D eigenvalue weighted by molar-refractivity contribution is 0.329. The molecule has 0 atom stereocenters. The van der Waals surface area contributed by atoms with Crippen LogP contribution in [0.5, 0.6) is 0 Å². The van der Waals surface area contributed by atoms with Crippen molar-refractivity contribution in [2.75, 3.05) is 27.2 Å². The predicted molar refractivity (Wildman–Crippen MR) is 103 cm³/mol. The minimum atomic E-state index is -3.63. The van der Waals surface area contributed by atoms with Crippen molar-refractivity contribution in [1.29, 1.82) is 5.26 Å². The first-order valence-corrected chi connectivity index (χ1v) is 9.89. The molecule has 0 N–H and O–H groups in total. The molecule has 0 amide bonds. The van der Waals surface area contributed by atoms with Gasteiger partial charge in [0.1, 0.15) is 0 Å². The minimum Gasteiger partial charge on any atom is -0.308 e. The fourth-order valence-electron chi connectivity index (χ4n) is 2.56. The molecule has 26 heavy (non-hydrogen) atoms. The van der Waals surface area contributed by atoms with Gasteiger partial charge in [-0.2, -0.15) is 9.57 Å². The summed E-state index contributed by atoms with van der Waals surface area (Å²) in [5.41, 5.74) is 3.34. The Kier molecular flexibility index (Phi) is 6.54. The number of sulfonamides is 1. The smallest absolute Gasteiger partial charge is 0.243 e. The van der Waals surface area contributed by atoms with E-state index in [-0.39, 0.29) is 6.54 Å². The lowest BCUT2D eigenvalue weighted by atomic mass is 10.1. The number of rotatable bonds is 7. The third kappa shape index (κ3) is 4.92. The molecule has 0 bridgehead atoms. The molecule has 0 spiro atoms. The van der Waals surface area contributed by atoms with Crippen LogP contribution in [0.15, 0.2) is 47.4 Å². The largest absolute Gasteiger partial charge is 0.308 e. The third-order valence-corrected chi connectivity index (χ3v) is 6.17. The van der Waals surface area contributed by atoms with Gasteiger partial charge < -0.3 is 4.90 Å². The molecule has 0 aliphatic rings. The number of hydrogen-bond donors (Lipinski definition) is 0. The van der Waals surface area contributed by atoms with Gasteiger partial charge in [0, 0.05) is 19.6 Å². The number of hydrogen-bond acceptors (Lipinski definition) is 4. The second kappa shape index (κ2) is 8.45. The van der Waals surface area contributed by atoms with E-state index >= 15 is 0 Å². The minimum absolute atomic E-state index is 0.235. The van der Waals surface area contributed by atoms with Crippen molar-refractivity contribution < 1.29 is 8.42 Å². The molecular weight excluding hydrogens is 346 g/mol.